The molecule has 3 aromatic rings. The van der Waals surface area contributed by atoms with Crippen LogP contribution in [-0.2, 0) is 9.47 Å². The molecule has 0 saturated carbocycles. The Bertz CT molecular complexity index is 1220. The van der Waals surface area contributed by atoms with Gasteiger partial charge in [0.1, 0.15) is 5.82 Å². The number of hydrazine groups is 1. The Morgan fingerprint density at radius 3 is 2.37 bits per heavy atom. The maximum atomic E-state index is 14.4. The Balaban J connectivity index is 1.35. The van der Waals surface area contributed by atoms with Gasteiger partial charge in [-0.05, 0) is 41.3 Å². The smallest absolute Gasteiger partial charge is 0.255 e. The van der Waals surface area contributed by atoms with Crippen LogP contribution in [0.25, 0.3) is 16.8 Å². The van der Waals surface area contributed by atoms with Gasteiger partial charge in [0.2, 0.25) is 0 Å². The Labute approximate surface area is 204 Å². The van der Waals surface area contributed by atoms with E-state index in [1.807, 2.05) is 53.6 Å². The van der Waals surface area contributed by atoms with Crippen molar-refractivity contribution in [3.63, 3.8) is 0 Å². The SMILES string of the molecule is O=C(Nc1ccc(/C=C/NN2CCOCC2)c2ccccc12)c1cc(F)cc(N2CCOCC2)c1. The molecule has 0 atom stereocenters. The highest BCUT2D eigenvalue weighted by molar-refractivity contribution is 6.10. The molecule has 2 aliphatic rings. The summed E-state index contributed by atoms with van der Waals surface area (Å²) in [6.45, 7) is 5.64. The third-order valence-corrected chi connectivity index (χ3v) is 6.26. The summed E-state index contributed by atoms with van der Waals surface area (Å²) in [5, 5.41) is 7.02. The molecule has 1 amide bonds. The van der Waals surface area contributed by atoms with Crippen molar-refractivity contribution in [1.29, 1.82) is 0 Å². The fourth-order valence-electron chi connectivity index (χ4n) is 4.41. The van der Waals surface area contributed by atoms with Gasteiger partial charge >= 0.3 is 0 Å². The lowest BCUT2D eigenvalue weighted by atomic mass is 10.0. The van der Waals surface area contributed by atoms with E-state index in [-0.39, 0.29) is 11.5 Å². The molecule has 2 N–H and O–H groups in total. The van der Waals surface area contributed by atoms with E-state index < -0.39 is 5.82 Å². The summed E-state index contributed by atoms with van der Waals surface area (Å²) < 4.78 is 25.1. The standard InChI is InChI=1S/C27H29FN4O3/c28-22-17-21(18-23(19-22)31-9-13-34-14-10-31)27(33)30-26-6-5-20(24-3-1-2-4-25(24)26)7-8-29-32-11-15-35-16-12-32/h1-8,17-19,29H,9-16H2,(H,30,33)/b8-7+. The second kappa shape index (κ2) is 10.9. The lowest BCUT2D eigenvalue weighted by molar-refractivity contribution is 0.0212. The molecule has 182 valence electrons. The van der Waals surface area contributed by atoms with Gasteiger partial charge in [-0.15, -0.1) is 0 Å². The van der Waals surface area contributed by atoms with Gasteiger partial charge in [0.15, 0.2) is 0 Å². The molecule has 5 rings (SSSR count). The summed E-state index contributed by atoms with van der Waals surface area (Å²) in [6.07, 6.45) is 3.94. The Kier molecular flexibility index (Phi) is 7.23. The van der Waals surface area contributed by atoms with Crippen LogP contribution in [-0.4, -0.2) is 63.5 Å². The van der Waals surface area contributed by atoms with E-state index in [0.717, 1.165) is 42.6 Å². The Morgan fingerprint density at radius 2 is 1.60 bits per heavy atom. The van der Waals surface area contributed by atoms with Gasteiger partial charge in [0.05, 0.1) is 26.4 Å². The zero-order valence-corrected chi connectivity index (χ0v) is 19.5. The maximum absolute atomic E-state index is 14.4. The van der Waals surface area contributed by atoms with Crippen molar-refractivity contribution in [2.75, 3.05) is 62.8 Å². The maximum Gasteiger partial charge on any atom is 0.255 e. The van der Waals surface area contributed by atoms with Crippen molar-refractivity contribution in [3.05, 3.63) is 77.7 Å². The first-order chi connectivity index (χ1) is 17.2. The van der Waals surface area contributed by atoms with Crippen LogP contribution in [0.2, 0.25) is 0 Å². The first-order valence-corrected chi connectivity index (χ1v) is 11.9. The Hall–Kier alpha value is -3.46. The average Bonchev–Trinajstić information content (AvgIpc) is 2.90. The summed E-state index contributed by atoms with van der Waals surface area (Å²) in [5.74, 6) is -0.779. The number of nitrogens with one attached hydrogen (secondary N) is 2. The van der Waals surface area contributed by atoms with Gasteiger partial charge in [-0.3, -0.25) is 4.79 Å². The van der Waals surface area contributed by atoms with Crippen molar-refractivity contribution in [3.8, 4) is 0 Å². The highest BCUT2D eigenvalue weighted by Gasteiger charge is 2.16. The number of rotatable bonds is 6. The molecule has 0 aliphatic carbocycles. The Morgan fingerprint density at radius 1 is 0.886 bits per heavy atom. The molecule has 0 bridgehead atoms. The number of carbonyl (C=O) groups is 1. The van der Waals surface area contributed by atoms with E-state index in [1.165, 1.54) is 12.1 Å². The molecule has 8 heteroatoms. The second-order valence-electron chi connectivity index (χ2n) is 8.56. The minimum absolute atomic E-state index is 0.286. The number of benzene rings is 3. The number of carbonyl (C=O) groups excluding carboxylic acids is 1. The molecular formula is C27H29FN4O3. The highest BCUT2D eigenvalue weighted by Crippen LogP contribution is 2.28. The van der Waals surface area contributed by atoms with E-state index >= 15 is 0 Å². The van der Waals surface area contributed by atoms with Gasteiger partial charge in [0, 0.05) is 54.7 Å². The third kappa shape index (κ3) is 5.62. The fraction of sp³-hybridized carbons (Fsp3) is 0.296. The number of ether oxygens (including phenoxy) is 2. The molecule has 2 aliphatic heterocycles. The normalized spacial score (nSPS) is 17.1. The van der Waals surface area contributed by atoms with E-state index in [1.54, 1.807) is 6.07 Å². The quantitative estimate of drug-likeness (QED) is 0.563. The molecule has 2 heterocycles. The van der Waals surface area contributed by atoms with E-state index in [9.17, 15) is 9.18 Å². The van der Waals surface area contributed by atoms with Crippen LogP contribution in [0.1, 0.15) is 15.9 Å². The van der Waals surface area contributed by atoms with Gasteiger partial charge in [0.25, 0.3) is 5.91 Å². The second-order valence-corrected chi connectivity index (χ2v) is 8.56. The lowest BCUT2D eigenvalue weighted by Gasteiger charge is -2.29. The molecule has 35 heavy (non-hydrogen) atoms. The largest absolute Gasteiger partial charge is 0.379 e. The number of anilines is 2. The topological polar surface area (TPSA) is 66.1 Å². The van der Waals surface area contributed by atoms with Crippen LogP contribution < -0.4 is 15.6 Å². The summed E-state index contributed by atoms with van der Waals surface area (Å²) in [5.41, 5.74) is 5.98. The molecule has 0 aromatic heterocycles. The number of halogens is 1. The summed E-state index contributed by atoms with van der Waals surface area (Å²) in [4.78, 5) is 15.1. The van der Waals surface area contributed by atoms with Crippen molar-refractivity contribution in [2.24, 2.45) is 0 Å². The van der Waals surface area contributed by atoms with E-state index in [0.29, 0.717) is 37.7 Å². The lowest BCUT2D eigenvalue weighted by Crippen LogP contribution is -2.43. The molecule has 0 spiro atoms. The monoisotopic (exact) mass is 476 g/mol. The fourth-order valence-corrected chi connectivity index (χ4v) is 4.41. The highest BCUT2D eigenvalue weighted by atomic mass is 19.1. The summed E-state index contributed by atoms with van der Waals surface area (Å²) in [7, 11) is 0. The number of hydrogen-bond acceptors (Lipinski definition) is 6. The van der Waals surface area contributed by atoms with E-state index in [2.05, 4.69) is 15.8 Å². The van der Waals surface area contributed by atoms with Crippen molar-refractivity contribution in [2.45, 2.75) is 0 Å². The number of amides is 1. The first-order valence-electron chi connectivity index (χ1n) is 11.9. The number of hydrogen-bond donors (Lipinski definition) is 2. The summed E-state index contributed by atoms with van der Waals surface area (Å²) in [6, 6.07) is 16.2. The van der Waals surface area contributed by atoms with Crippen LogP contribution >= 0.6 is 0 Å². The van der Waals surface area contributed by atoms with Crippen molar-refractivity contribution in [1.82, 2.24) is 10.4 Å². The minimum atomic E-state index is -0.433. The number of nitrogens with zero attached hydrogens (tertiary/aromatic N) is 2. The molecule has 0 radical (unpaired) electrons. The predicted octanol–water partition coefficient (Wildman–Crippen LogP) is 3.88. The molecule has 2 fully saturated rings. The zero-order chi connectivity index (χ0) is 24.0. The van der Waals surface area contributed by atoms with Gasteiger partial charge < -0.3 is 25.1 Å². The number of fused-ring (bicyclic) bond motifs is 1. The van der Waals surface area contributed by atoms with Crippen LogP contribution in [0.4, 0.5) is 15.8 Å². The van der Waals surface area contributed by atoms with Gasteiger partial charge in [-0.25, -0.2) is 9.40 Å². The molecule has 3 aromatic carbocycles. The van der Waals surface area contributed by atoms with Crippen LogP contribution in [0.5, 0.6) is 0 Å². The van der Waals surface area contributed by atoms with Gasteiger partial charge in [-0.2, -0.15) is 0 Å². The zero-order valence-electron chi connectivity index (χ0n) is 19.5. The van der Waals surface area contributed by atoms with Gasteiger partial charge in [-0.1, -0.05) is 30.3 Å². The third-order valence-electron chi connectivity index (χ3n) is 6.26. The predicted molar refractivity (Wildman–Crippen MR) is 136 cm³/mol. The molecule has 2 saturated heterocycles. The first kappa shape index (κ1) is 23.3. The van der Waals surface area contributed by atoms with E-state index in [4.69, 9.17) is 9.47 Å². The average molecular weight is 477 g/mol. The molecule has 0 unspecified atom stereocenters. The number of morpholine rings is 2. The summed E-state index contributed by atoms with van der Waals surface area (Å²) >= 11 is 0. The van der Waals surface area contributed by atoms with Crippen molar-refractivity contribution >= 4 is 34.1 Å². The van der Waals surface area contributed by atoms with Crippen LogP contribution in [0.15, 0.2) is 60.8 Å². The van der Waals surface area contributed by atoms with Crippen molar-refractivity contribution < 1.29 is 18.7 Å². The minimum Gasteiger partial charge on any atom is -0.379 e. The molecule has 7 nitrogen and oxygen atoms in total. The molecular weight excluding hydrogens is 447 g/mol. The van der Waals surface area contributed by atoms with Crippen LogP contribution in [0, 0.1) is 5.82 Å². The van der Waals surface area contributed by atoms with Crippen LogP contribution in [0.3, 0.4) is 0 Å².